The normalized spacial score (nSPS) is 11.3. The molecule has 4 N–H and O–H groups in total. The zero-order chi connectivity index (χ0) is 13.2. The summed E-state index contributed by atoms with van der Waals surface area (Å²) < 4.78 is 39.7. The van der Waals surface area contributed by atoms with Crippen molar-refractivity contribution in [2.75, 3.05) is 0 Å². The summed E-state index contributed by atoms with van der Waals surface area (Å²) in [7, 11) is 0. The molecule has 0 aromatic carbocycles. The molecule has 1 rings (SSSR count). The van der Waals surface area contributed by atoms with E-state index in [0.29, 0.717) is 6.20 Å². The molecule has 17 heavy (non-hydrogen) atoms. The number of nitrogens with zero attached hydrogens (tertiary/aromatic N) is 1. The van der Waals surface area contributed by atoms with Crippen LogP contribution in [0.1, 0.15) is 16.1 Å². The Morgan fingerprint density at radius 3 is 2.53 bits per heavy atom. The zero-order valence-corrected chi connectivity index (χ0v) is 8.15. The fourth-order valence-electron chi connectivity index (χ4n) is 1.10. The van der Waals surface area contributed by atoms with Gasteiger partial charge in [-0.05, 0) is 0 Å². The van der Waals surface area contributed by atoms with Crippen molar-refractivity contribution in [2.24, 2.45) is 5.73 Å². The number of hydrogen-bond donors (Lipinski definition) is 3. The van der Waals surface area contributed by atoms with Crippen LogP contribution < -0.4 is 10.5 Å². The number of aromatic nitrogens is 1. The van der Waals surface area contributed by atoms with Crippen molar-refractivity contribution < 1.29 is 32.9 Å². The van der Waals surface area contributed by atoms with Crippen LogP contribution in [0.4, 0.5) is 13.2 Å². The molecule has 0 atom stereocenters. The average Bonchev–Trinajstić information content (AvgIpc) is 2.15. The Morgan fingerprint density at radius 2 is 2.12 bits per heavy atom. The van der Waals surface area contributed by atoms with Gasteiger partial charge in [0.25, 0.3) is 0 Å². The summed E-state index contributed by atoms with van der Waals surface area (Å²) in [5.74, 6) is -3.82. The summed E-state index contributed by atoms with van der Waals surface area (Å²) in [4.78, 5) is 14.1. The minimum atomic E-state index is -5.11. The summed E-state index contributed by atoms with van der Waals surface area (Å²) in [6.45, 7) is -0.466. The number of carbonyl (C=O) groups is 1. The minimum Gasteiger partial charge on any atom is -0.505 e. The standard InChI is InChI=1S/C8H7F3N2O4/c9-8(10,11)17-6-3(1-12)13-2-4(14)5(6)7(15)16/h2,14H,1,12H2,(H,15,16). The van der Waals surface area contributed by atoms with E-state index in [1.165, 1.54) is 0 Å². The summed E-state index contributed by atoms with van der Waals surface area (Å²) in [5.41, 5.74) is 3.66. The Morgan fingerprint density at radius 1 is 1.53 bits per heavy atom. The van der Waals surface area contributed by atoms with Crippen molar-refractivity contribution in [3.05, 3.63) is 17.5 Å². The fraction of sp³-hybridized carbons (Fsp3) is 0.250. The number of hydrogen-bond acceptors (Lipinski definition) is 5. The third-order valence-electron chi connectivity index (χ3n) is 1.71. The SMILES string of the molecule is NCc1ncc(O)c(C(=O)O)c1OC(F)(F)F. The van der Waals surface area contributed by atoms with Gasteiger partial charge < -0.3 is 20.7 Å². The smallest absolute Gasteiger partial charge is 0.505 e. The Kier molecular flexibility index (Phi) is 3.42. The summed E-state index contributed by atoms with van der Waals surface area (Å²) in [6, 6.07) is 0. The monoisotopic (exact) mass is 252 g/mol. The number of carboxylic acid groups (broad SMARTS) is 1. The quantitative estimate of drug-likeness (QED) is 0.736. The lowest BCUT2D eigenvalue weighted by atomic mass is 10.2. The molecule has 1 heterocycles. The van der Waals surface area contributed by atoms with Gasteiger partial charge in [-0.1, -0.05) is 0 Å². The molecule has 0 aliphatic heterocycles. The van der Waals surface area contributed by atoms with Gasteiger partial charge in [-0.3, -0.25) is 4.98 Å². The first-order chi connectivity index (χ1) is 7.76. The summed E-state index contributed by atoms with van der Waals surface area (Å²) >= 11 is 0. The van der Waals surface area contributed by atoms with E-state index in [0.717, 1.165) is 0 Å². The molecule has 0 aliphatic carbocycles. The second kappa shape index (κ2) is 4.45. The Labute approximate surface area is 92.4 Å². The van der Waals surface area contributed by atoms with E-state index in [4.69, 9.17) is 15.9 Å². The lowest BCUT2D eigenvalue weighted by Crippen LogP contribution is -2.21. The van der Waals surface area contributed by atoms with Gasteiger partial charge in [-0.15, -0.1) is 13.2 Å². The molecule has 9 heteroatoms. The van der Waals surface area contributed by atoms with Crippen molar-refractivity contribution >= 4 is 5.97 Å². The van der Waals surface area contributed by atoms with Crippen molar-refractivity contribution in [3.63, 3.8) is 0 Å². The van der Waals surface area contributed by atoms with Crippen LogP contribution in [0.5, 0.6) is 11.5 Å². The number of carboxylic acids is 1. The van der Waals surface area contributed by atoms with Gasteiger partial charge in [0, 0.05) is 6.54 Å². The van der Waals surface area contributed by atoms with Gasteiger partial charge in [-0.25, -0.2) is 4.79 Å². The molecular weight excluding hydrogens is 245 g/mol. The average molecular weight is 252 g/mol. The molecule has 0 saturated carbocycles. The van der Waals surface area contributed by atoms with E-state index in [-0.39, 0.29) is 0 Å². The van der Waals surface area contributed by atoms with Gasteiger partial charge in [0.15, 0.2) is 11.5 Å². The van der Waals surface area contributed by atoms with Gasteiger partial charge in [0.1, 0.15) is 5.56 Å². The predicted molar refractivity (Wildman–Crippen MR) is 47.4 cm³/mol. The van der Waals surface area contributed by atoms with E-state index < -0.39 is 41.6 Å². The maximum absolute atomic E-state index is 12.1. The second-order valence-electron chi connectivity index (χ2n) is 2.85. The van der Waals surface area contributed by atoms with E-state index in [2.05, 4.69) is 9.72 Å². The first-order valence-electron chi connectivity index (χ1n) is 4.16. The second-order valence-corrected chi connectivity index (χ2v) is 2.85. The number of rotatable bonds is 3. The van der Waals surface area contributed by atoms with Crippen LogP contribution >= 0.6 is 0 Å². The highest BCUT2D eigenvalue weighted by Crippen LogP contribution is 2.33. The Bertz CT molecular complexity index is 447. The molecule has 6 nitrogen and oxygen atoms in total. The molecule has 0 spiro atoms. The van der Waals surface area contributed by atoms with Crippen LogP contribution in [-0.4, -0.2) is 27.5 Å². The van der Waals surface area contributed by atoms with Gasteiger partial charge in [0.05, 0.1) is 11.9 Å². The van der Waals surface area contributed by atoms with Gasteiger partial charge >= 0.3 is 12.3 Å². The first-order valence-corrected chi connectivity index (χ1v) is 4.16. The number of ether oxygens (including phenoxy) is 1. The maximum Gasteiger partial charge on any atom is 0.573 e. The fourth-order valence-corrected chi connectivity index (χ4v) is 1.10. The number of aromatic hydroxyl groups is 1. The molecule has 0 bridgehead atoms. The van der Waals surface area contributed by atoms with Gasteiger partial charge in [0.2, 0.25) is 0 Å². The van der Waals surface area contributed by atoms with Crippen LogP contribution in [0.15, 0.2) is 6.20 Å². The number of aromatic carboxylic acids is 1. The predicted octanol–water partition coefficient (Wildman–Crippen LogP) is 0.843. The van der Waals surface area contributed by atoms with Gasteiger partial charge in [-0.2, -0.15) is 0 Å². The van der Waals surface area contributed by atoms with Crippen LogP contribution in [0, 0.1) is 0 Å². The number of halogens is 3. The van der Waals surface area contributed by atoms with E-state index in [1.807, 2.05) is 0 Å². The molecule has 94 valence electrons. The summed E-state index contributed by atoms with van der Waals surface area (Å²) in [6.07, 6.45) is -4.42. The molecule has 1 aromatic rings. The Hall–Kier alpha value is -2.03. The Balaban J connectivity index is 3.40. The van der Waals surface area contributed by atoms with Crippen molar-refractivity contribution in [1.29, 1.82) is 0 Å². The molecule has 0 aliphatic rings. The van der Waals surface area contributed by atoms with Crippen molar-refractivity contribution in [3.8, 4) is 11.5 Å². The molecule has 0 unspecified atom stereocenters. The first kappa shape index (κ1) is 13.0. The van der Waals surface area contributed by atoms with Crippen LogP contribution in [-0.2, 0) is 6.54 Å². The molecule has 0 saturated heterocycles. The van der Waals surface area contributed by atoms with Crippen molar-refractivity contribution in [1.82, 2.24) is 4.98 Å². The van der Waals surface area contributed by atoms with E-state index in [9.17, 15) is 18.0 Å². The molecule has 0 fully saturated rings. The topological polar surface area (TPSA) is 106 Å². The lowest BCUT2D eigenvalue weighted by molar-refractivity contribution is -0.275. The van der Waals surface area contributed by atoms with Crippen LogP contribution in [0.25, 0.3) is 0 Å². The highest BCUT2D eigenvalue weighted by atomic mass is 19.4. The molecular formula is C8H7F3N2O4. The minimum absolute atomic E-state index is 0.419. The number of alkyl halides is 3. The largest absolute Gasteiger partial charge is 0.573 e. The third kappa shape index (κ3) is 2.97. The highest BCUT2D eigenvalue weighted by molar-refractivity contribution is 5.94. The molecule has 0 radical (unpaired) electrons. The molecule has 1 aromatic heterocycles. The third-order valence-corrected chi connectivity index (χ3v) is 1.71. The van der Waals surface area contributed by atoms with E-state index in [1.54, 1.807) is 0 Å². The van der Waals surface area contributed by atoms with Crippen LogP contribution in [0.2, 0.25) is 0 Å². The maximum atomic E-state index is 12.1. The summed E-state index contributed by atoms with van der Waals surface area (Å²) in [5, 5.41) is 17.8. The number of nitrogens with two attached hydrogens (primary N) is 1. The van der Waals surface area contributed by atoms with Crippen LogP contribution in [0.3, 0.4) is 0 Å². The van der Waals surface area contributed by atoms with E-state index >= 15 is 0 Å². The van der Waals surface area contributed by atoms with Crippen molar-refractivity contribution in [2.45, 2.75) is 12.9 Å². The lowest BCUT2D eigenvalue weighted by Gasteiger charge is -2.14. The zero-order valence-electron chi connectivity index (χ0n) is 8.15. The molecule has 0 amide bonds. The number of pyridine rings is 1. The highest BCUT2D eigenvalue weighted by Gasteiger charge is 2.35.